The number of ether oxygens (including phenoxy) is 2. The molecule has 2 aliphatic rings. The molecule has 148 valence electrons. The van der Waals surface area contributed by atoms with Crippen molar-refractivity contribution in [3.8, 4) is 11.5 Å². The van der Waals surface area contributed by atoms with Crippen LogP contribution < -0.4 is 14.8 Å². The topological polar surface area (TPSA) is 54.0 Å². The molecule has 1 N–H and O–H groups in total. The predicted molar refractivity (Wildman–Crippen MR) is 107 cm³/mol. The summed E-state index contributed by atoms with van der Waals surface area (Å²) in [5.41, 5.74) is 2.48. The zero-order chi connectivity index (χ0) is 19.2. The number of piperazine rings is 1. The van der Waals surface area contributed by atoms with Gasteiger partial charge >= 0.3 is 0 Å². The van der Waals surface area contributed by atoms with Crippen molar-refractivity contribution in [2.75, 3.05) is 46.1 Å². The van der Waals surface area contributed by atoms with E-state index in [1.807, 2.05) is 24.3 Å². The smallest absolute Gasteiger partial charge is 0.234 e. The summed E-state index contributed by atoms with van der Waals surface area (Å²) >= 11 is 0. The van der Waals surface area contributed by atoms with Crippen LogP contribution in [0, 0.1) is 0 Å². The van der Waals surface area contributed by atoms with Crippen LogP contribution in [0.4, 0.5) is 0 Å². The monoisotopic (exact) mass is 381 g/mol. The first-order chi connectivity index (χ1) is 13.8. The van der Waals surface area contributed by atoms with Crippen LogP contribution >= 0.6 is 0 Å². The van der Waals surface area contributed by atoms with Crippen molar-refractivity contribution < 1.29 is 14.3 Å². The molecule has 0 saturated carbocycles. The molecule has 28 heavy (non-hydrogen) atoms. The molecule has 6 heteroatoms. The lowest BCUT2D eigenvalue weighted by atomic mass is 10.1. The van der Waals surface area contributed by atoms with Gasteiger partial charge in [0.25, 0.3) is 0 Å². The van der Waals surface area contributed by atoms with Crippen LogP contribution in [-0.4, -0.2) is 61.8 Å². The van der Waals surface area contributed by atoms with Crippen molar-refractivity contribution >= 4 is 5.91 Å². The number of carbonyl (C=O) groups is 1. The normalized spacial score (nSPS) is 16.9. The zero-order valence-electron chi connectivity index (χ0n) is 16.1. The summed E-state index contributed by atoms with van der Waals surface area (Å²) in [6.45, 7) is 6.13. The van der Waals surface area contributed by atoms with Crippen LogP contribution in [0.2, 0.25) is 0 Å². The van der Waals surface area contributed by atoms with E-state index < -0.39 is 0 Å². The maximum absolute atomic E-state index is 12.2. The van der Waals surface area contributed by atoms with E-state index >= 15 is 0 Å². The van der Waals surface area contributed by atoms with Gasteiger partial charge in [-0.05, 0) is 29.7 Å². The molecule has 0 unspecified atom stereocenters. The van der Waals surface area contributed by atoms with E-state index in [1.165, 1.54) is 11.1 Å². The first-order valence-electron chi connectivity index (χ1n) is 9.90. The number of rotatable bonds is 7. The van der Waals surface area contributed by atoms with E-state index in [4.69, 9.17) is 9.47 Å². The van der Waals surface area contributed by atoms with Crippen molar-refractivity contribution in [3.63, 3.8) is 0 Å². The Kier molecular flexibility index (Phi) is 6.09. The van der Waals surface area contributed by atoms with E-state index in [0.717, 1.165) is 50.6 Å². The minimum atomic E-state index is 0.111. The van der Waals surface area contributed by atoms with Crippen molar-refractivity contribution in [1.82, 2.24) is 15.1 Å². The number of benzene rings is 2. The Morgan fingerprint density at radius 2 is 1.64 bits per heavy atom. The number of nitrogens with one attached hydrogen (secondary N) is 1. The fourth-order valence-electron chi connectivity index (χ4n) is 3.65. The standard InChI is InChI=1S/C22H27N3O3/c26-22(23-9-8-18-4-2-1-3-5-18)16-25-12-10-24(11-13-25)15-19-6-7-20-21(14-19)28-17-27-20/h1-7,14H,8-13,15-17H2,(H,23,26). The third-order valence-corrected chi connectivity index (χ3v) is 5.25. The number of amides is 1. The summed E-state index contributed by atoms with van der Waals surface area (Å²) < 4.78 is 10.8. The van der Waals surface area contributed by atoms with Crippen molar-refractivity contribution in [3.05, 3.63) is 59.7 Å². The summed E-state index contributed by atoms with van der Waals surface area (Å²) in [4.78, 5) is 16.8. The summed E-state index contributed by atoms with van der Waals surface area (Å²) in [7, 11) is 0. The Labute approximate surface area is 166 Å². The molecule has 1 saturated heterocycles. The van der Waals surface area contributed by atoms with Gasteiger partial charge in [0.15, 0.2) is 11.5 Å². The fraction of sp³-hybridized carbons (Fsp3) is 0.409. The lowest BCUT2D eigenvalue weighted by molar-refractivity contribution is -0.122. The van der Waals surface area contributed by atoms with Gasteiger partial charge in [-0.25, -0.2) is 0 Å². The van der Waals surface area contributed by atoms with Crippen molar-refractivity contribution in [1.29, 1.82) is 0 Å². The number of hydrogen-bond acceptors (Lipinski definition) is 5. The van der Waals surface area contributed by atoms with Crippen molar-refractivity contribution in [2.24, 2.45) is 0 Å². The lowest BCUT2D eigenvalue weighted by Crippen LogP contribution is -2.49. The first-order valence-corrected chi connectivity index (χ1v) is 9.90. The Morgan fingerprint density at radius 3 is 2.46 bits per heavy atom. The predicted octanol–water partition coefficient (Wildman–Crippen LogP) is 1.89. The van der Waals surface area contributed by atoms with Crippen LogP contribution in [0.3, 0.4) is 0 Å². The third kappa shape index (κ3) is 5.03. The molecule has 1 fully saturated rings. The van der Waals surface area contributed by atoms with Crippen LogP contribution in [0.25, 0.3) is 0 Å². The average molecular weight is 381 g/mol. The maximum atomic E-state index is 12.2. The van der Waals surface area contributed by atoms with Gasteiger partial charge in [-0.15, -0.1) is 0 Å². The molecule has 0 spiro atoms. The summed E-state index contributed by atoms with van der Waals surface area (Å²) in [6, 6.07) is 16.4. The maximum Gasteiger partial charge on any atom is 0.234 e. The Morgan fingerprint density at radius 1 is 0.893 bits per heavy atom. The molecule has 2 heterocycles. The second kappa shape index (κ2) is 9.08. The highest BCUT2D eigenvalue weighted by atomic mass is 16.7. The van der Waals surface area contributed by atoms with Gasteiger partial charge in [-0.2, -0.15) is 0 Å². The van der Waals surface area contributed by atoms with Gasteiger partial charge in [0, 0.05) is 39.3 Å². The quantitative estimate of drug-likeness (QED) is 0.794. The molecule has 2 aliphatic heterocycles. The van der Waals surface area contributed by atoms with Crippen LogP contribution in [0.1, 0.15) is 11.1 Å². The van der Waals surface area contributed by atoms with Crippen molar-refractivity contribution in [2.45, 2.75) is 13.0 Å². The Bertz CT molecular complexity index is 789. The molecule has 4 rings (SSSR count). The highest BCUT2D eigenvalue weighted by Gasteiger charge is 2.20. The Hall–Kier alpha value is -2.57. The molecule has 0 aromatic heterocycles. The molecule has 2 aromatic rings. The number of nitrogens with zero attached hydrogens (tertiary/aromatic N) is 2. The molecule has 2 aromatic carbocycles. The molecule has 6 nitrogen and oxygen atoms in total. The van der Waals surface area contributed by atoms with E-state index in [1.54, 1.807) is 0 Å². The van der Waals surface area contributed by atoms with E-state index in [2.05, 4.69) is 39.4 Å². The first kappa shape index (κ1) is 18.8. The van der Waals surface area contributed by atoms with Crippen LogP contribution in [0.5, 0.6) is 11.5 Å². The van der Waals surface area contributed by atoms with Gasteiger partial charge in [-0.3, -0.25) is 14.6 Å². The Balaban J connectivity index is 1.15. The minimum absolute atomic E-state index is 0.111. The number of carbonyl (C=O) groups excluding carboxylic acids is 1. The van der Waals surface area contributed by atoms with E-state index in [0.29, 0.717) is 19.9 Å². The van der Waals surface area contributed by atoms with Gasteiger partial charge in [0.1, 0.15) is 0 Å². The third-order valence-electron chi connectivity index (χ3n) is 5.25. The average Bonchev–Trinajstić information content (AvgIpc) is 3.18. The van der Waals surface area contributed by atoms with Gasteiger partial charge in [-0.1, -0.05) is 36.4 Å². The summed E-state index contributed by atoms with van der Waals surface area (Å²) in [5.74, 6) is 1.77. The zero-order valence-corrected chi connectivity index (χ0v) is 16.1. The molecule has 1 amide bonds. The lowest BCUT2D eigenvalue weighted by Gasteiger charge is -2.34. The van der Waals surface area contributed by atoms with E-state index in [-0.39, 0.29) is 5.91 Å². The van der Waals surface area contributed by atoms with Crippen LogP contribution in [-0.2, 0) is 17.8 Å². The number of hydrogen-bond donors (Lipinski definition) is 1. The molecule has 0 radical (unpaired) electrons. The highest BCUT2D eigenvalue weighted by Crippen LogP contribution is 2.32. The second-order valence-corrected chi connectivity index (χ2v) is 7.33. The highest BCUT2D eigenvalue weighted by molar-refractivity contribution is 5.78. The molecular formula is C22H27N3O3. The summed E-state index contributed by atoms with van der Waals surface area (Å²) in [6.07, 6.45) is 0.871. The fourth-order valence-corrected chi connectivity index (χ4v) is 3.65. The number of fused-ring (bicyclic) bond motifs is 1. The molecule has 0 bridgehead atoms. The largest absolute Gasteiger partial charge is 0.454 e. The molecular weight excluding hydrogens is 354 g/mol. The molecule has 0 aliphatic carbocycles. The SMILES string of the molecule is O=C(CN1CCN(Cc2ccc3c(c2)OCO3)CC1)NCCc1ccccc1. The van der Waals surface area contributed by atoms with Crippen LogP contribution in [0.15, 0.2) is 48.5 Å². The van der Waals surface area contributed by atoms with Gasteiger partial charge in [0.05, 0.1) is 6.54 Å². The van der Waals surface area contributed by atoms with Gasteiger partial charge in [0.2, 0.25) is 12.7 Å². The minimum Gasteiger partial charge on any atom is -0.454 e. The second-order valence-electron chi connectivity index (χ2n) is 7.33. The van der Waals surface area contributed by atoms with E-state index in [9.17, 15) is 4.79 Å². The van der Waals surface area contributed by atoms with Gasteiger partial charge < -0.3 is 14.8 Å². The summed E-state index contributed by atoms with van der Waals surface area (Å²) in [5, 5.41) is 3.03. The molecule has 0 atom stereocenters.